The number of nitriles is 1. The summed E-state index contributed by atoms with van der Waals surface area (Å²) in [5.41, 5.74) is 15.4. The minimum Gasteiger partial charge on any atom is -0.308 e. The Hall–Kier alpha value is -7.29. The summed E-state index contributed by atoms with van der Waals surface area (Å²) in [5.74, 6) is -1.35. The first-order valence-electron chi connectivity index (χ1n) is 19.4. The van der Waals surface area contributed by atoms with Gasteiger partial charge in [0.1, 0.15) is 23.3 Å². The molecule has 278 valence electrons. The van der Waals surface area contributed by atoms with Gasteiger partial charge in [0.2, 0.25) is 0 Å². The van der Waals surface area contributed by atoms with E-state index in [1.807, 2.05) is 36.4 Å². The molecule has 0 spiro atoms. The Kier molecular flexibility index (Phi) is 8.14. The van der Waals surface area contributed by atoms with Crippen LogP contribution in [-0.4, -0.2) is 9.13 Å². The number of halogens is 2. The summed E-state index contributed by atoms with van der Waals surface area (Å²) in [6.45, 7) is 8.44. The van der Waals surface area contributed by atoms with Crippen LogP contribution in [-0.2, 0) is 0 Å². The molecule has 0 radical (unpaired) electrons. The maximum absolute atomic E-state index is 15.1. The summed E-state index contributed by atoms with van der Waals surface area (Å²) >= 11 is 0. The molecule has 0 N–H and O–H groups in total. The fourth-order valence-electron chi connectivity index (χ4n) is 9.04. The van der Waals surface area contributed by atoms with E-state index in [1.54, 1.807) is 0 Å². The van der Waals surface area contributed by atoms with Crippen molar-refractivity contribution in [3.63, 3.8) is 0 Å². The van der Waals surface area contributed by atoms with E-state index in [9.17, 15) is 5.26 Å². The van der Waals surface area contributed by atoms with Crippen molar-refractivity contribution in [2.45, 2.75) is 27.7 Å². The standard InChI is InChI=1S/C53H37F2N3/c1-31-13-17-41(33(3)21-31)35-15-19-45-43-9-5-7-11-48(43)57(50(45)25-35)52-27-38(37-23-39(54)29-40(55)24-37)28-53(47(52)30-56)58-49-12-8-6-10-44(49)46-20-16-36(26-51(46)58)42-18-14-32(2)22-34(42)4/h5-29H,1-4H3. The summed E-state index contributed by atoms with van der Waals surface area (Å²) in [4.78, 5) is 0. The SMILES string of the molecule is Cc1ccc(-c2ccc3c4ccccc4n(-c4cc(-c5cc(F)cc(F)c5)cc(-n5c6ccccc6c6ccc(-c7ccc(C)cc7C)cc65)c4C#N)c3c2)c(C)c1. The molecule has 58 heavy (non-hydrogen) atoms. The molecule has 0 saturated carbocycles. The minimum atomic E-state index is -0.674. The zero-order valence-corrected chi connectivity index (χ0v) is 32.5. The van der Waals surface area contributed by atoms with Crippen LogP contribution in [0, 0.1) is 50.7 Å². The van der Waals surface area contributed by atoms with Gasteiger partial charge in [0.05, 0.1) is 33.4 Å². The van der Waals surface area contributed by atoms with E-state index < -0.39 is 11.6 Å². The molecule has 5 heteroatoms. The van der Waals surface area contributed by atoms with Gasteiger partial charge in [-0.15, -0.1) is 0 Å². The Balaban J connectivity index is 1.34. The van der Waals surface area contributed by atoms with E-state index in [0.29, 0.717) is 28.1 Å². The molecule has 0 fully saturated rings. The van der Waals surface area contributed by atoms with Crippen LogP contribution in [0.4, 0.5) is 8.78 Å². The highest BCUT2D eigenvalue weighted by Crippen LogP contribution is 2.42. The van der Waals surface area contributed by atoms with E-state index in [4.69, 9.17) is 0 Å². The van der Waals surface area contributed by atoms with E-state index >= 15 is 8.78 Å². The average molecular weight is 754 g/mol. The van der Waals surface area contributed by atoms with E-state index in [-0.39, 0.29) is 0 Å². The van der Waals surface area contributed by atoms with Crippen LogP contribution >= 0.6 is 0 Å². The molecule has 3 nitrogen and oxygen atoms in total. The first-order valence-corrected chi connectivity index (χ1v) is 19.4. The number of fused-ring (bicyclic) bond motifs is 6. The Morgan fingerprint density at radius 2 is 0.845 bits per heavy atom. The topological polar surface area (TPSA) is 33.6 Å². The number of rotatable bonds is 5. The van der Waals surface area contributed by atoms with Gasteiger partial charge >= 0.3 is 0 Å². The highest BCUT2D eigenvalue weighted by atomic mass is 19.1. The van der Waals surface area contributed by atoms with Gasteiger partial charge < -0.3 is 9.13 Å². The molecule has 8 aromatic carbocycles. The predicted molar refractivity (Wildman–Crippen MR) is 235 cm³/mol. The van der Waals surface area contributed by atoms with Crippen LogP contribution in [0.25, 0.3) is 88.4 Å². The maximum atomic E-state index is 15.1. The van der Waals surface area contributed by atoms with Crippen LogP contribution in [0.15, 0.2) is 152 Å². The summed E-state index contributed by atoms with van der Waals surface area (Å²) in [6, 6.07) is 52.4. The highest BCUT2D eigenvalue weighted by molar-refractivity contribution is 6.12. The maximum Gasteiger partial charge on any atom is 0.126 e. The van der Waals surface area contributed by atoms with Crippen molar-refractivity contribution < 1.29 is 8.78 Å². The van der Waals surface area contributed by atoms with Crippen molar-refractivity contribution in [2.24, 2.45) is 0 Å². The third kappa shape index (κ3) is 5.60. The fraction of sp³-hybridized carbons (Fsp3) is 0.0755. The number of aryl methyl sites for hydroxylation is 4. The first-order chi connectivity index (χ1) is 28.2. The molecular formula is C53H37F2N3. The van der Waals surface area contributed by atoms with Gasteiger partial charge in [-0.1, -0.05) is 108 Å². The van der Waals surface area contributed by atoms with Crippen LogP contribution in [0.2, 0.25) is 0 Å². The highest BCUT2D eigenvalue weighted by Gasteiger charge is 2.23. The largest absolute Gasteiger partial charge is 0.308 e. The van der Waals surface area contributed by atoms with Gasteiger partial charge in [0.15, 0.2) is 0 Å². The molecule has 0 aliphatic carbocycles. The Bertz CT molecular complexity index is 3160. The number of hydrogen-bond donors (Lipinski definition) is 0. The average Bonchev–Trinajstić information content (AvgIpc) is 3.72. The van der Waals surface area contributed by atoms with Crippen molar-refractivity contribution in [3.8, 4) is 50.8 Å². The molecular weight excluding hydrogens is 717 g/mol. The monoisotopic (exact) mass is 753 g/mol. The van der Waals surface area contributed by atoms with Crippen molar-refractivity contribution in [2.75, 3.05) is 0 Å². The Morgan fingerprint density at radius 1 is 0.414 bits per heavy atom. The lowest BCUT2D eigenvalue weighted by atomic mass is 9.97. The van der Waals surface area contributed by atoms with Gasteiger partial charge in [0.25, 0.3) is 0 Å². The number of para-hydroxylation sites is 2. The third-order valence-corrected chi connectivity index (χ3v) is 11.6. The van der Waals surface area contributed by atoms with Gasteiger partial charge in [-0.2, -0.15) is 5.26 Å². The van der Waals surface area contributed by atoms with Crippen LogP contribution in [0.1, 0.15) is 27.8 Å². The van der Waals surface area contributed by atoms with Crippen LogP contribution < -0.4 is 0 Å². The summed E-state index contributed by atoms with van der Waals surface area (Å²) in [7, 11) is 0. The number of nitrogens with zero attached hydrogens (tertiary/aromatic N) is 3. The number of hydrogen-bond acceptors (Lipinski definition) is 1. The molecule has 0 aliphatic rings. The van der Waals surface area contributed by atoms with E-state index in [2.05, 4.69) is 140 Å². The second-order valence-corrected chi connectivity index (χ2v) is 15.5. The molecule has 0 aliphatic heterocycles. The molecule has 10 rings (SSSR count). The minimum absolute atomic E-state index is 0.373. The summed E-state index contributed by atoms with van der Waals surface area (Å²) < 4.78 is 34.4. The second kappa shape index (κ2) is 13.4. The number of benzene rings is 8. The molecule has 2 aromatic heterocycles. The first kappa shape index (κ1) is 35.1. The van der Waals surface area contributed by atoms with Crippen molar-refractivity contribution in [1.82, 2.24) is 9.13 Å². The molecule has 0 unspecified atom stereocenters. The third-order valence-electron chi connectivity index (χ3n) is 11.6. The quantitative estimate of drug-likeness (QED) is 0.172. The van der Waals surface area contributed by atoms with Crippen LogP contribution in [0.3, 0.4) is 0 Å². The molecule has 2 heterocycles. The lowest BCUT2D eigenvalue weighted by molar-refractivity contribution is 0.584. The normalized spacial score (nSPS) is 11.6. The Morgan fingerprint density at radius 3 is 1.29 bits per heavy atom. The van der Waals surface area contributed by atoms with E-state index in [0.717, 1.165) is 71.9 Å². The van der Waals surface area contributed by atoms with Crippen molar-refractivity contribution in [1.29, 1.82) is 5.26 Å². The molecule has 10 aromatic rings. The zero-order chi connectivity index (χ0) is 39.8. The molecule has 0 atom stereocenters. The fourth-order valence-corrected chi connectivity index (χ4v) is 9.04. The van der Waals surface area contributed by atoms with Gasteiger partial charge in [-0.05, 0) is 121 Å². The van der Waals surface area contributed by atoms with Gasteiger partial charge in [0, 0.05) is 27.6 Å². The van der Waals surface area contributed by atoms with Gasteiger partial charge in [-0.3, -0.25) is 0 Å². The smallest absolute Gasteiger partial charge is 0.126 e. The summed E-state index contributed by atoms with van der Waals surface area (Å²) in [6.07, 6.45) is 0. The summed E-state index contributed by atoms with van der Waals surface area (Å²) in [5, 5.41) is 15.6. The predicted octanol–water partition coefficient (Wildman–Crippen LogP) is 14.3. The van der Waals surface area contributed by atoms with Crippen LogP contribution in [0.5, 0.6) is 0 Å². The molecule has 0 saturated heterocycles. The Labute approximate surface area is 335 Å². The lowest BCUT2D eigenvalue weighted by Gasteiger charge is -2.19. The second-order valence-electron chi connectivity index (χ2n) is 15.5. The zero-order valence-electron chi connectivity index (χ0n) is 32.5. The van der Waals surface area contributed by atoms with Crippen molar-refractivity contribution in [3.05, 3.63) is 191 Å². The molecule has 0 amide bonds. The lowest BCUT2D eigenvalue weighted by Crippen LogP contribution is -2.05. The molecule has 0 bridgehead atoms. The van der Waals surface area contributed by atoms with E-state index in [1.165, 1.54) is 34.4 Å². The van der Waals surface area contributed by atoms with Gasteiger partial charge in [-0.25, -0.2) is 8.78 Å². The van der Waals surface area contributed by atoms with Crippen molar-refractivity contribution >= 4 is 43.6 Å². The number of aromatic nitrogens is 2.